The van der Waals surface area contributed by atoms with E-state index in [0.29, 0.717) is 5.56 Å². The van der Waals surface area contributed by atoms with E-state index in [1.54, 1.807) is 56.3 Å². The van der Waals surface area contributed by atoms with Crippen molar-refractivity contribution in [3.63, 3.8) is 0 Å². The van der Waals surface area contributed by atoms with Crippen molar-refractivity contribution in [1.29, 1.82) is 0 Å². The Labute approximate surface area is 324 Å². The maximum Gasteiger partial charge on any atom is 0.326 e. The number of hydrogen-bond donors (Lipinski definition) is 9. The van der Waals surface area contributed by atoms with Crippen LogP contribution >= 0.6 is 0 Å². The summed E-state index contributed by atoms with van der Waals surface area (Å²) in [5.74, 6) is -7.02. The van der Waals surface area contributed by atoms with Gasteiger partial charge in [-0.15, -0.1) is 0 Å². The number of phenols is 1. The van der Waals surface area contributed by atoms with Crippen molar-refractivity contribution >= 4 is 41.5 Å². The number of carbonyl (C=O) groups excluding carboxylic acids is 5. The van der Waals surface area contributed by atoms with E-state index in [1.807, 2.05) is 30.3 Å². The Morgan fingerprint density at radius 1 is 0.554 bits per heavy atom. The van der Waals surface area contributed by atoms with E-state index in [-0.39, 0.29) is 31.4 Å². The molecule has 0 bridgehead atoms. The molecule has 0 saturated heterocycles. The van der Waals surface area contributed by atoms with Crippen LogP contribution in [0.3, 0.4) is 0 Å². The molecule has 3 rings (SSSR count). The Kier molecular flexibility index (Phi) is 17.0. The Hall–Kier alpha value is -6.29. The quantitative estimate of drug-likeness (QED) is 0.0731. The molecule has 0 aliphatic heterocycles. The van der Waals surface area contributed by atoms with E-state index in [9.17, 15) is 43.8 Å². The van der Waals surface area contributed by atoms with Crippen molar-refractivity contribution in [3.05, 3.63) is 102 Å². The summed E-state index contributed by atoms with van der Waals surface area (Å²) < 4.78 is 0. The van der Waals surface area contributed by atoms with Crippen molar-refractivity contribution < 1.29 is 48.9 Å². The highest BCUT2D eigenvalue weighted by Crippen LogP contribution is 2.14. The molecule has 0 heterocycles. The first-order chi connectivity index (χ1) is 26.5. The topological polar surface area (TPSA) is 266 Å². The second-order valence-corrected chi connectivity index (χ2v) is 13.8. The fourth-order valence-corrected chi connectivity index (χ4v) is 5.63. The molecule has 0 fully saturated rings. The first kappa shape index (κ1) is 44.1. The molecule has 16 nitrogen and oxygen atoms in total. The Balaban J connectivity index is 1.82. The van der Waals surface area contributed by atoms with Crippen LogP contribution in [-0.4, -0.2) is 93.0 Å². The van der Waals surface area contributed by atoms with Gasteiger partial charge >= 0.3 is 11.9 Å². The number of carboxylic acids is 2. The minimum absolute atomic E-state index is 0.0254. The number of carboxylic acid groups (broad SMARTS) is 2. The van der Waals surface area contributed by atoms with Gasteiger partial charge in [-0.1, -0.05) is 86.6 Å². The maximum atomic E-state index is 14.0. The van der Waals surface area contributed by atoms with E-state index >= 15 is 0 Å². The SMILES string of the molecule is CC(C)[C@H](NC(=O)[C@H](Cc1ccc(O)cc1)NC(=O)[C@H](Cc1ccccc1)NC(=O)[C@@H](N)Cc1ccccc1)C(=O)N[C@@H](C)C(=O)N[C@@H](CCC(=O)O)C(=O)O. The van der Waals surface area contributed by atoms with Crippen molar-refractivity contribution in [2.45, 2.75) is 89.1 Å². The zero-order chi connectivity index (χ0) is 41.4. The molecule has 3 aromatic carbocycles. The largest absolute Gasteiger partial charge is 0.508 e. The van der Waals surface area contributed by atoms with Crippen LogP contribution < -0.4 is 32.3 Å². The number of carbonyl (C=O) groups is 7. The number of hydrogen-bond acceptors (Lipinski definition) is 9. The summed E-state index contributed by atoms with van der Waals surface area (Å²) in [4.78, 5) is 90.1. The lowest BCUT2D eigenvalue weighted by Crippen LogP contribution is -2.60. The van der Waals surface area contributed by atoms with Crippen molar-refractivity contribution in [2.75, 3.05) is 0 Å². The van der Waals surface area contributed by atoms with Gasteiger partial charge in [-0.3, -0.25) is 28.8 Å². The summed E-state index contributed by atoms with van der Waals surface area (Å²) >= 11 is 0. The number of rotatable bonds is 21. The molecule has 16 heteroatoms. The smallest absolute Gasteiger partial charge is 0.326 e. The van der Waals surface area contributed by atoms with Crippen LogP contribution in [-0.2, 0) is 52.8 Å². The van der Waals surface area contributed by atoms with E-state index in [2.05, 4.69) is 26.6 Å². The van der Waals surface area contributed by atoms with E-state index in [1.165, 1.54) is 19.1 Å². The number of nitrogens with two attached hydrogens (primary N) is 1. The fourth-order valence-electron chi connectivity index (χ4n) is 5.63. The van der Waals surface area contributed by atoms with Crippen LogP contribution in [0.4, 0.5) is 0 Å². The summed E-state index contributed by atoms with van der Waals surface area (Å²) in [7, 11) is 0. The lowest BCUT2D eigenvalue weighted by atomic mass is 9.99. The van der Waals surface area contributed by atoms with Gasteiger partial charge in [0.25, 0.3) is 0 Å². The van der Waals surface area contributed by atoms with Gasteiger partial charge in [0.2, 0.25) is 29.5 Å². The fraction of sp³-hybridized carbons (Fsp3) is 0.375. The molecule has 0 saturated carbocycles. The van der Waals surface area contributed by atoms with E-state index in [0.717, 1.165) is 11.1 Å². The zero-order valence-electron chi connectivity index (χ0n) is 31.4. The van der Waals surface area contributed by atoms with Gasteiger partial charge in [-0.2, -0.15) is 0 Å². The minimum Gasteiger partial charge on any atom is -0.508 e. The normalized spacial score (nSPS) is 14.2. The molecular formula is C40H50N6O10. The van der Waals surface area contributed by atoms with Gasteiger partial charge in [0.15, 0.2) is 0 Å². The second-order valence-electron chi connectivity index (χ2n) is 13.8. The van der Waals surface area contributed by atoms with Crippen LogP contribution in [0.1, 0.15) is 50.3 Å². The van der Waals surface area contributed by atoms with Gasteiger partial charge in [0.05, 0.1) is 6.04 Å². The van der Waals surface area contributed by atoms with E-state index < -0.39 is 90.1 Å². The molecule has 300 valence electrons. The first-order valence-electron chi connectivity index (χ1n) is 18.1. The molecule has 6 atom stereocenters. The zero-order valence-corrected chi connectivity index (χ0v) is 31.4. The predicted molar refractivity (Wildman–Crippen MR) is 205 cm³/mol. The van der Waals surface area contributed by atoms with Crippen LogP contribution in [0.5, 0.6) is 5.75 Å². The van der Waals surface area contributed by atoms with Crippen LogP contribution in [0.15, 0.2) is 84.9 Å². The number of phenolic OH excluding ortho intramolecular Hbond substituents is 1. The molecule has 0 unspecified atom stereocenters. The number of aromatic hydroxyl groups is 1. The predicted octanol–water partition coefficient (Wildman–Crippen LogP) is 0.797. The molecular weight excluding hydrogens is 724 g/mol. The number of aliphatic carboxylic acids is 2. The molecule has 56 heavy (non-hydrogen) atoms. The molecule has 0 spiro atoms. The Morgan fingerprint density at radius 2 is 1.02 bits per heavy atom. The van der Waals surface area contributed by atoms with Crippen LogP contribution in [0, 0.1) is 5.92 Å². The Bertz CT molecular complexity index is 1810. The standard InChI is InChI=1S/C40H50N6O10/c1-23(2)34(39(54)42-24(3)35(50)43-30(40(55)56)18-19-33(48)49)46-38(53)32(22-27-14-16-28(47)17-15-27)45-37(52)31(21-26-12-8-5-9-13-26)44-36(51)29(41)20-25-10-6-4-7-11-25/h4-17,23-24,29-32,34,47H,18-22,41H2,1-3H3,(H,42,54)(H,43,50)(H,44,51)(H,45,52)(H,46,53)(H,48,49)(H,55,56)/t24-,29-,30-,31-,32-,34-/m0/s1. The molecule has 5 amide bonds. The first-order valence-corrected chi connectivity index (χ1v) is 18.1. The third-order valence-corrected chi connectivity index (χ3v) is 8.82. The second kappa shape index (κ2) is 21.6. The molecule has 0 aromatic heterocycles. The summed E-state index contributed by atoms with van der Waals surface area (Å²) in [5.41, 5.74) is 8.33. The summed E-state index contributed by atoms with van der Waals surface area (Å²) in [6.45, 7) is 4.57. The van der Waals surface area contributed by atoms with Gasteiger partial charge in [-0.05, 0) is 54.5 Å². The van der Waals surface area contributed by atoms with Gasteiger partial charge in [0.1, 0.15) is 36.0 Å². The molecule has 10 N–H and O–H groups in total. The summed E-state index contributed by atoms with van der Waals surface area (Å²) in [5, 5.41) is 40.9. The molecule has 0 aliphatic carbocycles. The third kappa shape index (κ3) is 14.5. The molecule has 3 aromatic rings. The van der Waals surface area contributed by atoms with Crippen LogP contribution in [0.25, 0.3) is 0 Å². The average Bonchev–Trinajstić information content (AvgIpc) is 3.15. The Morgan fingerprint density at radius 3 is 1.52 bits per heavy atom. The third-order valence-electron chi connectivity index (χ3n) is 8.82. The highest BCUT2D eigenvalue weighted by atomic mass is 16.4. The number of nitrogens with one attached hydrogen (secondary N) is 5. The summed E-state index contributed by atoms with van der Waals surface area (Å²) in [6.07, 6.45) is -0.716. The van der Waals surface area contributed by atoms with Crippen molar-refractivity contribution in [1.82, 2.24) is 26.6 Å². The summed E-state index contributed by atoms with van der Waals surface area (Å²) in [6, 6.07) is 16.5. The average molecular weight is 775 g/mol. The maximum absolute atomic E-state index is 14.0. The highest BCUT2D eigenvalue weighted by molar-refractivity contribution is 5.96. The van der Waals surface area contributed by atoms with Gasteiger partial charge < -0.3 is 47.6 Å². The van der Waals surface area contributed by atoms with Crippen LogP contribution in [0.2, 0.25) is 0 Å². The molecule has 0 radical (unpaired) electrons. The van der Waals surface area contributed by atoms with Gasteiger partial charge in [0, 0.05) is 19.3 Å². The minimum atomic E-state index is -1.52. The van der Waals surface area contributed by atoms with E-state index in [4.69, 9.17) is 10.8 Å². The number of amides is 5. The monoisotopic (exact) mass is 774 g/mol. The number of benzene rings is 3. The lowest BCUT2D eigenvalue weighted by Gasteiger charge is -2.28. The molecule has 0 aliphatic rings. The van der Waals surface area contributed by atoms with Crippen molar-refractivity contribution in [3.8, 4) is 5.75 Å². The van der Waals surface area contributed by atoms with Crippen molar-refractivity contribution in [2.24, 2.45) is 11.7 Å². The van der Waals surface area contributed by atoms with Gasteiger partial charge in [-0.25, -0.2) is 4.79 Å². The highest BCUT2D eigenvalue weighted by Gasteiger charge is 2.33. The lowest BCUT2D eigenvalue weighted by molar-refractivity contribution is -0.143.